The zero-order valence-electron chi connectivity index (χ0n) is 11.5. The van der Waals surface area contributed by atoms with Gasteiger partial charge < -0.3 is 9.15 Å². The molecule has 110 valence electrons. The van der Waals surface area contributed by atoms with Crippen molar-refractivity contribution in [3.8, 4) is 17.2 Å². The smallest absolute Gasteiger partial charge is 0.347 e. The number of nitro benzene ring substituents is 1. The Bertz CT molecular complexity index is 915. The highest BCUT2D eigenvalue weighted by molar-refractivity contribution is 5.81. The van der Waals surface area contributed by atoms with Gasteiger partial charge in [-0.25, -0.2) is 9.78 Å². The lowest BCUT2D eigenvalue weighted by molar-refractivity contribution is -0.384. The SMILES string of the molecule is COc1ccc(-c2nc3ccc([N+](=O)[O-])cc3c(=O)o2)cc1. The summed E-state index contributed by atoms with van der Waals surface area (Å²) in [4.78, 5) is 26.4. The number of rotatable bonds is 3. The van der Waals surface area contributed by atoms with Gasteiger partial charge in [-0.2, -0.15) is 0 Å². The van der Waals surface area contributed by atoms with Gasteiger partial charge in [0.15, 0.2) is 0 Å². The van der Waals surface area contributed by atoms with Crippen molar-refractivity contribution >= 4 is 16.6 Å². The first-order chi connectivity index (χ1) is 10.6. The van der Waals surface area contributed by atoms with Crippen LogP contribution in [0.25, 0.3) is 22.4 Å². The van der Waals surface area contributed by atoms with Gasteiger partial charge in [0.2, 0.25) is 5.89 Å². The number of benzene rings is 2. The van der Waals surface area contributed by atoms with Gasteiger partial charge in [-0.3, -0.25) is 10.1 Å². The van der Waals surface area contributed by atoms with Gasteiger partial charge in [0.05, 0.1) is 22.9 Å². The van der Waals surface area contributed by atoms with Crippen LogP contribution in [0.2, 0.25) is 0 Å². The summed E-state index contributed by atoms with van der Waals surface area (Å²) in [6, 6.07) is 10.7. The molecule has 3 rings (SSSR count). The van der Waals surface area contributed by atoms with Crippen molar-refractivity contribution < 1.29 is 14.1 Å². The summed E-state index contributed by atoms with van der Waals surface area (Å²) in [6.45, 7) is 0. The third kappa shape index (κ3) is 2.39. The number of hydrogen-bond acceptors (Lipinski definition) is 6. The minimum Gasteiger partial charge on any atom is -0.497 e. The van der Waals surface area contributed by atoms with E-state index in [-0.39, 0.29) is 17.0 Å². The van der Waals surface area contributed by atoms with Gasteiger partial charge in [-0.15, -0.1) is 0 Å². The molecular formula is C15H10N2O5. The standard InChI is InChI=1S/C15H10N2O5/c1-21-11-5-2-9(3-6-11)14-16-13-7-4-10(17(19)20)8-12(13)15(18)22-14/h2-8H,1H3. The van der Waals surface area contributed by atoms with Gasteiger partial charge in [0.25, 0.3) is 5.69 Å². The largest absolute Gasteiger partial charge is 0.497 e. The Morgan fingerprint density at radius 3 is 2.55 bits per heavy atom. The summed E-state index contributed by atoms with van der Waals surface area (Å²) in [6.07, 6.45) is 0. The molecule has 0 aliphatic rings. The van der Waals surface area contributed by atoms with E-state index in [1.54, 1.807) is 31.4 Å². The van der Waals surface area contributed by atoms with Gasteiger partial charge in [-0.05, 0) is 30.3 Å². The Morgan fingerprint density at radius 2 is 1.91 bits per heavy atom. The summed E-state index contributed by atoms with van der Waals surface area (Å²) in [5.41, 5.74) is 0.101. The molecule has 1 heterocycles. The van der Waals surface area contributed by atoms with Crippen LogP contribution in [0.3, 0.4) is 0 Å². The number of ether oxygens (including phenoxy) is 1. The number of methoxy groups -OCH3 is 1. The maximum Gasteiger partial charge on any atom is 0.347 e. The minimum absolute atomic E-state index is 0.0754. The molecule has 0 aliphatic carbocycles. The van der Waals surface area contributed by atoms with Crippen LogP contribution >= 0.6 is 0 Å². The first-order valence-electron chi connectivity index (χ1n) is 6.32. The number of nitrogens with zero attached hydrogens (tertiary/aromatic N) is 2. The van der Waals surface area contributed by atoms with E-state index in [4.69, 9.17) is 9.15 Å². The molecule has 3 aromatic rings. The second-order valence-corrected chi connectivity index (χ2v) is 4.49. The van der Waals surface area contributed by atoms with Gasteiger partial charge in [0.1, 0.15) is 5.75 Å². The highest BCUT2D eigenvalue weighted by atomic mass is 16.6. The number of hydrogen-bond donors (Lipinski definition) is 0. The fraction of sp³-hybridized carbons (Fsp3) is 0.0667. The summed E-state index contributed by atoms with van der Waals surface area (Å²) in [5.74, 6) is 0.816. The van der Waals surface area contributed by atoms with Gasteiger partial charge >= 0.3 is 5.63 Å². The van der Waals surface area contributed by atoms with Crippen LogP contribution in [0.15, 0.2) is 51.7 Å². The van der Waals surface area contributed by atoms with Gasteiger partial charge in [-0.1, -0.05) is 0 Å². The second-order valence-electron chi connectivity index (χ2n) is 4.49. The van der Waals surface area contributed by atoms with Crippen LogP contribution in [-0.2, 0) is 0 Å². The monoisotopic (exact) mass is 298 g/mol. The number of non-ortho nitro benzene ring substituents is 1. The van der Waals surface area contributed by atoms with E-state index in [0.717, 1.165) is 6.07 Å². The zero-order valence-corrected chi connectivity index (χ0v) is 11.5. The van der Waals surface area contributed by atoms with Crippen molar-refractivity contribution in [3.63, 3.8) is 0 Å². The van der Waals surface area contributed by atoms with E-state index in [9.17, 15) is 14.9 Å². The Kier molecular flexibility index (Phi) is 3.30. The molecule has 0 radical (unpaired) electrons. The van der Waals surface area contributed by atoms with E-state index < -0.39 is 10.5 Å². The summed E-state index contributed by atoms with van der Waals surface area (Å²) in [5, 5.41) is 10.8. The molecule has 0 saturated heterocycles. The fourth-order valence-electron chi connectivity index (χ4n) is 2.03. The Hall–Kier alpha value is -3.22. The molecule has 0 spiro atoms. The predicted molar refractivity (Wildman–Crippen MR) is 78.9 cm³/mol. The van der Waals surface area contributed by atoms with Crippen LogP contribution in [0.5, 0.6) is 5.75 Å². The average molecular weight is 298 g/mol. The molecule has 0 saturated carbocycles. The molecule has 0 aliphatic heterocycles. The third-order valence-corrected chi connectivity index (χ3v) is 3.16. The molecule has 1 aromatic heterocycles. The van der Waals surface area contributed by atoms with Crippen molar-refractivity contribution in [3.05, 3.63) is 63.0 Å². The number of aromatic nitrogens is 1. The van der Waals surface area contributed by atoms with Crippen molar-refractivity contribution in [1.29, 1.82) is 0 Å². The maximum absolute atomic E-state index is 12.0. The molecule has 0 amide bonds. The van der Waals surface area contributed by atoms with Crippen LogP contribution in [0, 0.1) is 10.1 Å². The number of fused-ring (bicyclic) bond motifs is 1. The summed E-state index contributed by atoms with van der Waals surface area (Å²) < 4.78 is 10.2. The van der Waals surface area contributed by atoms with E-state index in [0.29, 0.717) is 16.8 Å². The van der Waals surface area contributed by atoms with E-state index in [1.807, 2.05) is 0 Å². The molecule has 0 unspecified atom stereocenters. The molecule has 0 bridgehead atoms. The van der Waals surface area contributed by atoms with Crippen LogP contribution in [0.4, 0.5) is 5.69 Å². The van der Waals surface area contributed by atoms with E-state index >= 15 is 0 Å². The first-order valence-corrected chi connectivity index (χ1v) is 6.32. The lowest BCUT2D eigenvalue weighted by Crippen LogP contribution is -2.03. The lowest BCUT2D eigenvalue weighted by Gasteiger charge is -2.03. The van der Waals surface area contributed by atoms with Crippen LogP contribution < -0.4 is 10.4 Å². The molecule has 7 nitrogen and oxygen atoms in total. The molecule has 0 N–H and O–H groups in total. The maximum atomic E-state index is 12.0. The molecule has 2 aromatic carbocycles. The zero-order chi connectivity index (χ0) is 15.7. The minimum atomic E-state index is -0.667. The van der Waals surface area contributed by atoms with E-state index in [2.05, 4.69) is 4.98 Å². The van der Waals surface area contributed by atoms with Crippen LogP contribution in [0.1, 0.15) is 0 Å². The normalized spacial score (nSPS) is 10.6. The Balaban J connectivity index is 2.14. The molecule has 0 fully saturated rings. The summed E-state index contributed by atoms with van der Waals surface area (Å²) in [7, 11) is 1.55. The lowest BCUT2D eigenvalue weighted by atomic mass is 10.2. The quantitative estimate of drug-likeness (QED) is 0.545. The number of nitro groups is 1. The van der Waals surface area contributed by atoms with Crippen molar-refractivity contribution in [2.45, 2.75) is 0 Å². The molecule has 0 atom stereocenters. The molecule has 7 heteroatoms. The third-order valence-electron chi connectivity index (χ3n) is 3.16. The first kappa shape index (κ1) is 13.7. The van der Waals surface area contributed by atoms with E-state index in [1.165, 1.54) is 12.1 Å². The average Bonchev–Trinajstić information content (AvgIpc) is 2.54. The Morgan fingerprint density at radius 1 is 1.18 bits per heavy atom. The second kappa shape index (κ2) is 5.28. The molecule has 22 heavy (non-hydrogen) atoms. The van der Waals surface area contributed by atoms with Crippen molar-refractivity contribution in [2.75, 3.05) is 7.11 Å². The van der Waals surface area contributed by atoms with Gasteiger partial charge in [0, 0.05) is 17.7 Å². The van der Waals surface area contributed by atoms with Crippen LogP contribution in [-0.4, -0.2) is 17.0 Å². The highest BCUT2D eigenvalue weighted by Crippen LogP contribution is 2.23. The Labute approximate surface area is 123 Å². The summed E-state index contributed by atoms with van der Waals surface area (Å²) >= 11 is 0. The fourth-order valence-corrected chi connectivity index (χ4v) is 2.03. The topological polar surface area (TPSA) is 95.5 Å². The highest BCUT2D eigenvalue weighted by Gasteiger charge is 2.13. The van der Waals surface area contributed by atoms with Crippen molar-refractivity contribution in [2.24, 2.45) is 0 Å². The van der Waals surface area contributed by atoms with Crippen molar-refractivity contribution in [1.82, 2.24) is 4.98 Å². The molecular weight excluding hydrogens is 288 g/mol. The predicted octanol–water partition coefficient (Wildman–Crippen LogP) is 2.77.